The maximum atomic E-state index is 14.7. The molecule has 7 rings (SSSR count). The lowest BCUT2D eigenvalue weighted by Gasteiger charge is -2.32. The van der Waals surface area contributed by atoms with E-state index in [1.807, 2.05) is 70.2 Å². The Labute approximate surface area is 239 Å². The summed E-state index contributed by atoms with van der Waals surface area (Å²) < 4.78 is 12.7. The highest BCUT2D eigenvalue weighted by molar-refractivity contribution is 7.22. The zero-order chi connectivity index (χ0) is 28.6. The highest BCUT2D eigenvalue weighted by atomic mass is 32.1. The van der Waals surface area contributed by atoms with Crippen molar-refractivity contribution in [1.29, 1.82) is 0 Å². The van der Waals surface area contributed by atoms with Gasteiger partial charge in [-0.15, -0.1) is 0 Å². The second kappa shape index (κ2) is 9.01. The molecule has 2 amide bonds. The molecule has 1 atom stereocenters. The summed E-state index contributed by atoms with van der Waals surface area (Å²) in [5.74, 6) is -0.368. The van der Waals surface area contributed by atoms with Gasteiger partial charge in [-0.1, -0.05) is 36.5 Å². The third-order valence-electron chi connectivity index (χ3n) is 8.04. The number of amides is 2. The lowest BCUT2D eigenvalue weighted by Crippen LogP contribution is -2.53. The van der Waals surface area contributed by atoms with Crippen LogP contribution < -0.4 is 20.0 Å². The number of ether oxygens (including phenoxy) is 1. The average Bonchev–Trinajstić information content (AvgIpc) is 3.56. The summed E-state index contributed by atoms with van der Waals surface area (Å²) in [4.78, 5) is 51.5. The number of fused-ring (bicyclic) bond motifs is 6. The third kappa shape index (κ3) is 3.32. The van der Waals surface area contributed by atoms with Gasteiger partial charge < -0.3 is 14.1 Å². The second-order valence-corrected chi connectivity index (χ2v) is 11.5. The highest BCUT2D eigenvalue weighted by Crippen LogP contribution is 2.55. The molecule has 2 aliphatic heterocycles. The van der Waals surface area contributed by atoms with E-state index in [1.165, 1.54) is 16.2 Å². The highest BCUT2D eigenvalue weighted by Gasteiger charge is 2.66. The molecule has 9 heteroatoms. The van der Waals surface area contributed by atoms with Crippen LogP contribution in [0.15, 0.2) is 63.8 Å². The maximum Gasteiger partial charge on any atom is 0.297 e. The Hall–Kier alpha value is -4.50. The van der Waals surface area contributed by atoms with E-state index in [0.717, 1.165) is 15.8 Å². The van der Waals surface area contributed by atoms with Crippen molar-refractivity contribution in [2.24, 2.45) is 0 Å². The third-order valence-corrected chi connectivity index (χ3v) is 9.04. The van der Waals surface area contributed by atoms with Crippen LogP contribution in [0.4, 0.5) is 10.8 Å². The molecule has 2 aromatic heterocycles. The van der Waals surface area contributed by atoms with E-state index in [2.05, 4.69) is 0 Å². The summed E-state index contributed by atoms with van der Waals surface area (Å²) in [5, 5.41) is 0.646. The molecular formula is C32H27N3O5S. The van der Waals surface area contributed by atoms with Crippen molar-refractivity contribution in [2.45, 2.75) is 39.7 Å². The van der Waals surface area contributed by atoms with Gasteiger partial charge in [0, 0.05) is 12.1 Å². The summed E-state index contributed by atoms with van der Waals surface area (Å²) in [6.45, 7) is 8.69. The van der Waals surface area contributed by atoms with Gasteiger partial charge in [0.05, 0.1) is 33.5 Å². The first-order valence-electron chi connectivity index (χ1n) is 13.7. The minimum absolute atomic E-state index is 0.0450. The van der Waals surface area contributed by atoms with Crippen LogP contribution in [0.3, 0.4) is 0 Å². The standard InChI is InChI=1S/C32H27N3O5S/c1-5-13-34-23-10-8-7-9-21(23)32(30(34)38)26-27(36)20-14-17(3)18(4)15-24(20)40-28(26)29(37)35(32)31-33-22-12-11-19(39-6-2)16-25(22)41-31/h7-12,14-16H,5-6,13H2,1-4H3. The summed E-state index contributed by atoms with van der Waals surface area (Å²) in [5.41, 5.74) is 1.98. The summed E-state index contributed by atoms with van der Waals surface area (Å²) in [6.07, 6.45) is 0.698. The van der Waals surface area contributed by atoms with Crippen molar-refractivity contribution >= 4 is 55.2 Å². The zero-order valence-electron chi connectivity index (χ0n) is 23.1. The fourth-order valence-electron chi connectivity index (χ4n) is 6.11. The molecule has 41 heavy (non-hydrogen) atoms. The molecule has 1 spiro atoms. The van der Waals surface area contributed by atoms with Gasteiger partial charge in [0.25, 0.3) is 11.8 Å². The number of thiazole rings is 1. The molecule has 0 bridgehead atoms. The number of carbonyl (C=O) groups excluding carboxylic acids is 2. The van der Waals surface area contributed by atoms with E-state index in [-0.39, 0.29) is 22.7 Å². The topological polar surface area (TPSA) is 93.0 Å². The van der Waals surface area contributed by atoms with Gasteiger partial charge in [-0.05, 0) is 74.7 Å². The van der Waals surface area contributed by atoms with E-state index in [9.17, 15) is 14.4 Å². The minimum Gasteiger partial charge on any atom is -0.494 e. The largest absolute Gasteiger partial charge is 0.494 e. The number of para-hydroxylation sites is 1. The monoisotopic (exact) mass is 565 g/mol. The van der Waals surface area contributed by atoms with Crippen LogP contribution in [-0.2, 0) is 10.3 Å². The number of carbonyl (C=O) groups is 2. The Balaban J connectivity index is 1.58. The van der Waals surface area contributed by atoms with Crippen molar-refractivity contribution in [3.63, 3.8) is 0 Å². The van der Waals surface area contributed by atoms with Gasteiger partial charge in [0.1, 0.15) is 11.3 Å². The fraction of sp³-hybridized carbons (Fsp3) is 0.250. The maximum absolute atomic E-state index is 14.7. The number of anilines is 2. The smallest absolute Gasteiger partial charge is 0.297 e. The average molecular weight is 566 g/mol. The van der Waals surface area contributed by atoms with Crippen molar-refractivity contribution in [3.8, 4) is 5.75 Å². The molecule has 206 valence electrons. The molecule has 0 N–H and O–H groups in total. The molecule has 0 radical (unpaired) electrons. The van der Waals surface area contributed by atoms with Gasteiger partial charge >= 0.3 is 0 Å². The molecule has 0 fully saturated rings. The lowest BCUT2D eigenvalue weighted by atomic mass is 9.84. The molecule has 4 heterocycles. The molecule has 2 aliphatic rings. The van der Waals surface area contributed by atoms with E-state index in [1.54, 1.807) is 17.0 Å². The Morgan fingerprint density at radius 3 is 2.56 bits per heavy atom. The molecule has 0 aliphatic carbocycles. The number of aryl methyl sites for hydroxylation is 2. The first-order chi connectivity index (χ1) is 19.8. The van der Waals surface area contributed by atoms with Crippen LogP contribution in [0, 0.1) is 13.8 Å². The number of hydrogen-bond acceptors (Lipinski definition) is 7. The molecule has 8 nitrogen and oxygen atoms in total. The predicted molar refractivity (Wildman–Crippen MR) is 159 cm³/mol. The molecule has 3 aromatic carbocycles. The molecular weight excluding hydrogens is 538 g/mol. The van der Waals surface area contributed by atoms with E-state index >= 15 is 0 Å². The Kier molecular flexibility index (Phi) is 5.59. The van der Waals surface area contributed by atoms with Crippen molar-refractivity contribution < 1.29 is 18.7 Å². The van der Waals surface area contributed by atoms with Crippen LogP contribution in [0.2, 0.25) is 0 Å². The molecule has 1 unspecified atom stereocenters. The Morgan fingerprint density at radius 2 is 1.78 bits per heavy atom. The van der Waals surface area contributed by atoms with Gasteiger partial charge in [-0.2, -0.15) is 0 Å². The van der Waals surface area contributed by atoms with Gasteiger partial charge in [-0.25, -0.2) is 4.98 Å². The summed E-state index contributed by atoms with van der Waals surface area (Å²) >= 11 is 1.28. The van der Waals surface area contributed by atoms with E-state index in [4.69, 9.17) is 14.1 Å². The first-order valence-corrected chi connectivity index (χ1v) is 14.5. The van der Waals surface area contributed by atoms with Crippen LogP contribution >= 0.6 is 11.3 Å². The van der Waals surface area contributed by atoms with Crippen LogP contribution in [0.25, 0.3) is 21.2 Å². The molecule has 5 aromatic rings. The summed E-state index contributed by atoms with van der Waals surface area (Å²) in [6, 6.07) is 16.5. The predicted octanol–water partition coefficient (Wildman–Crippen LogP) is 6.08. The van der Waals surface area contributed by atoms with Gasteiger partial charge in [-0.3, -0.25) is 19.3 Å². The number of hydrogen-bond donors (Lipinski definition) is 0. The fourth-order valence-corrected chi connectivity index (χ4v) is 7.15. The SMILES string of the molecule is CCCN1C(=O)C2(c3ccccc31)c1c(oc3cc(C)c(C)cc3c1=O)C(=O)N2c1nc2ccc(OCC)cc2s1. The normalized spacial score (nSPS) is 17.8. The quantitative estimate of drug-likeness (QED) is 0.257. The number of rotatable bonds is 5. The molecule has 0 saturated heterocycles. The van der Waals surface area contributed by atoms with Crippen LogP contribution in [0.5, 0.6) is 5.75 Å². The van der Waals surface area contributed by atoms with Crippen molar-refractivity contribution in [2.75, 3.05) is 23.0 Å². The Bertz CT molecular complexity index is 1990. The number of benzene rings is 3. The zero-order valence-corrected chi connectivity index (χ0v) is 23.9. The van der Waals surface area contributed by atoms with E-state index < -0.39 is 11.4 Å². The second-order valence-electron chi connectivity index (χ2n) is 10.5. The minimum atomic E-state index is -1.75. The van der Waals surface area contributed by atoms with Gasteiger partial charge in [0.15, 0.2) is 16.1 Å². The summed E-state index contributed by atoms with van der Waals surface area (Å²) in [7, 11) is 0. The number of aromatic nitrogens is 1. The van der Waals surface area contributed by atoms with Crippen molar-refractivity contribution in [3.05, 3.63) is 92.8 Å². The van der Waals surface area contributed by atoms with E-state index in [0.29, 0.717) is 58.2 Å². The molecule has 0 saturated carbocycles. The first kappa shape index (κ1) is 25.5. The lowest BCUT2D eigenvalue weighted by molar-refractivity contribution is -0.121. The van der Waals surface area contributed by atoms with Gasteiger partial charge in [0.2, 0.25) is 5.76 Å². The van der Waals surface area contributed by atoms with Crippen molar-refractivity contribution in [1.82, 2.24) is 4.98 Å². The van der Waals surface area contributed by atoms with Crippen LogP contribution in [-0.4, -0.2) is 29.9 Å². The Morgan fingerprint density at radius 1 is 1.00 bits per heavy atom. The van der Waals surface area contributed by atoms with Crippen LogP contribution in [0.1, 0.15) is 53.1 Å². The number of nitrogens with zero attached hydrogens (tertiary/aromatic N) is 3.